The van der Waals surface area contributed by atoms with E-state index in [1.807, 2.05) is 39.1 Å². The van der Waals surface area contributed by atoms with Crippen LogP contribution >= 0.6 is 11.3 Å². The molecule has 3 aromatic heterocycles. The van der Waals surface area contributed by atoms with E-state index < -0.39 is 5.82 Å². The number of ether oxygens (including phenoxy) is 1. The summed E-state index contributed by atoms with van der Waals surface area (Å²) in [6, 6.07) is 11.5. The fourth-order valence-electron chi connectivity index (χ4n) is 5.83. The number of nitrogens with zero attached hydrogens (tertiary/aromatic N) is 3. The van der Waals surface area contributed by atoms with Crippen molar-refractivity contribution in [3.63, 3.8) is 0 Å². The second kappa shape index (κ2) is 16.7. The number of hydrogen-bond donors (Lipinski definition) is 3. The maximum absolute atomic E-state index is 15.0. The van der Waals surface area contributed by atoms with E-state index in [2.05, 4.69) is 32.8 Å². The maximum Gasteiger partial charge on any atom is 0.319 e. The van der Waals surface area contributed by atoms with Crippen molar-refractivity contribution in [2.24, 2.45) is 5.92 Å². The summed E-state index contributed by atoms with van der Waals surface area (Å²) in [5.41, 5.74) is 2.28. The van der Waals surface area contributed by atoms with Gasteiger partial charge < -0.3 is 25.6 Å². The van der Waals surface area contributed by atoms with E-state index in [1.165, 1.54) is 23.5 Å². The quantitative estimate of drug-likeness (QED) is 0.101. The highest BCUT2D eigenvalue weighted by Gasteiger charge is 2.24. The smallest absolute Gasteiger partial charge is 0.319 e. The number of nitrogens with one attached hydrogen (secondary N) is 3. The van der Waals surface area contributed by atoms with Gasteiger partial charge in [0.25, 0.3) is 0 Å². The molecule has 12 heteroatoms. The lowest BCUT2D eigenvalue weighted by Gasteiger charge is -2.28. The van der Waals surface area contributed by atoms with E-state index in [0.29, 0.717) is 34.8 Å². The van der Waals surface area contributed by atoms with Crippen LogP contribution in [0.5, 0.6) is 11.5 Å². The lowest BCUT2D eigenvalue weighted by molar-refractivity contribution is 0.0904. The zero-order valence-electron chi connectivity index (χ0n) is 28.6. The number of fused-ring (bicyclic) bond motifs is 1. The van der Waals surface area contributed by atoms with Gasteiger partial charge in [0.1, 0.15) is 5.75 Å². The Kier molecular flexibility index (Phi) is 12.2. The minimum atomic E-state index is -0.606. The van der Waals surface area contributed by atoms with Crippen LogP contribution in [0.15, 0.2) is 54.9 Å². The molecule has 4 amide bonds. The first-order chi connectivity index (χ1) is 23.7. The van der Waals surface area contributed by atoms with E-state index in [4.69, 9.17) is 4.74 Å². The fraction of sp³-hybridized carbons (Fsp3) is 0.432. The van der Waals surface area contributed by atoms with Crippen molar-refractivity contribution in [1.29, 1.82) is 0 Å². The normalized spacial score (nSPS) is 13.8. The molecule has 0 bridgehead atoms. The Balaban J connectivity index is 1.22. The Hall–Kier alpha value is -4.58. The number of aromatic nitrogens is 2. The molecule has 2 unspecified atom stereocenters. The lowest BCUT2D eigenvalue weighted by atomic mass is 9.90. The molecule has 0 radical (unpaired) electrons. The number of rotatable bonds is 16. The van der Waals surface area contributed by atoms with Crippen molar-refractivity contribution in [2.45, 2.75) is 84.2 Å². The molecule has 0 spiro atoms. The summed E-state index contributed by atoms with van der Waals surface area (Å²) >= 11 is 1.42. The van der Waals surface area contributed by atoms with Crippen LogP contribution in [0.25, 0.3) is 20.8 Å². The monoisotopic (exact) mass is 688 g/mol. The summed E-state index contributed by atoms with van der Waals surface area (Å²) in [4.78, 5) is 49.6. The van der Waals surface area contributed by atoms with Gasteiger partial charge in [0.15, 0.2) is 17.3 Å². The van der Waals surface area contributed by atoms with Crippen LogP contribution in [0, 0.1) is 11.7 Å². The van der Waals surface area contributed by atoms with Crippen LogP contribution in [0.3, 0.4) is 0 Å². The molecule has 1 aliphatic rings. The van der Waals surface area contributed by atoms with Crippen molar-refractivity contribution in [3.05, 3.63) is 66.2 Å². The molecular formula is C37H45FN6O4S. The molecule has 3 N–H and O–H groups in total. The Morgan fingerprint density at radius 2 is 1.84 bits per heavy atom. The molecule has 10 nitrogen and oxygen atoms in total. The second-order valence-electron chi connectivity index (χ2n) is 12.5. The number of benzene rings is 1. The van der Waals surface area contributed by atoms with Gasteiger partial charge in [-0.3, -0.25) is 14.8 Å². The number of anilines is 1. The van der Waals surface area contributed by atoms with Crippen molar-refractivity contribution in [3.8, 4) is 22.1 Å². The van der Waals surface area contributed by atoms with Gasteiger partial charge in [0.05, 0.1) is 20.8 Å². The number of thiophene rings is 1. The zero-order valence-corrected chi connectivity index (χ0v) is 29.4. The third-order valence-corrected chi connectivity index (χ3v) is 9.93. The molecular weight excluding hydrogens is 644 g/mol. The first-order valence-corrected chi connectivity index (χ1v) is 18.0. The van der Waals surface area contributed by atoms with Crippen LogP contribution in [0.1, 0.15) is 82.5 Å². The molecule has 0 aliphatic heterocycles. The van der Waals surface area contributed by atoms with Crippen LogP contribution in [0.4, 0.5) is 19.7 Å². The summed E-state index contributed by atoms with van der Waals surface area (Å²) in [7, 11) is 1.85. The number of carbonyl (C=O) groups excluding carboxylic acids is 3. The van der Waals surface area contributed by atoms with Crippen molar-refractivity contribution in [2.75, 3.05) is 18.9 Å². The molecule has 1 aromatic carbocycles. The van der Waals surface area contributed by atoms with Crippen LogP contribution in [-0.4, -0.2) is 58.4 Å². The van der Waals surface area contributed by atoms with Gasteiger partial charge in [-0.15, -0.1) is 11.3 Å². The molecule has 4 aromatic rings. The van der Waals surface area contributed by atoms with E-state index in [9.17, 15) is 18.8 Å². The van der Waals surface area contributed by atoms with Crippen molar-refractivity contribution in [1.82, 2.24) is 25.5 Å². The zero-order chi connectivity index (χ0) is 34.9. The molecule has 1 fully saturated rings. The molecule has 260 valence electrons. The summed E-state index contributed by atoms with van der Waals surface area (Å²) < 4.78 is 21.7. The minimum absolute atomic E-state index is 0.0250. The number of Topliss-reactive ketones (excluding diaryl/α,β-unsaturated/α-hetero) is 1. The Morgan fingerprint density at radius 1 is 1.02 bits per heavy atom. The predicted molar refractivity (Wildman–Crippen MR) is 192 cm³/mol. The van der Waals surface area contributed by atoms with E-state index >= 15 is 0 Å². The number of ketones is 1. The third kappa shape index (κ3) is 9.32. The molecule has 5 rings (SSSR count). The summed E-state index contributed by atoms with van der Waals surface area (Å²) in [5, 5.41) is 8.33. The van der Waals surface area contributed by atoms with Gasteiger partial charge in [0.2, 0.25) is 0 Å². The molecule has 1 saturated carbocycles. The topological polar surface area (TPSA) is 126 Å². The molecule has 3 heterocycles. The summed E-state index contributed by atoms with van der Waals surface area (Å²) in [5.74, 6) is -0.180. The van der Waals surface area contributed by atoms with Crippen LogP contribution in [-0.2, 0) is 0 Å². The predicted octanol–water partition coefficient (Wildman–Crippen LogP) is 8.78. The van der Waals surface area contributed by atoms with Gasteiger partial charge >= 0.3 is 12.1 Å². The van der Waals surface area contributed by atoms with Gasteiger partial charge in [-0.05, 0) is 75.8 Å². The molecule has 2 atom stereocenters. The van der Waals surface area contributed by atoms with E-state index in [0.717, 1.165) is 60.9 Å². The van der Waals surface area contributed by atoms with Crippen LogP contribution in [0.2, 0.25) is 0 Å². The molecule has 1 aliphatic carbocycles. The Morgan fingerprint density at radius 3 is 2.51 bits per heavy atom. The second-order valence-corrected chi connectivity index (χ2v) is 13.5. The van der Waals surface area contributed by atoms with E-state index in [-0.39, 0.29) is 41.6 Å². The Bertz CT molecular complexity index is 1760. The maximum atomic E-state index is 15.0. The van der Waals surface area contributed by atoms with Crippen molar-refractivity contribution < 1.29 is 23.5 Å². The molecule has 49 heavy (non-hydrogen) atoms. The largest absolute Gasteiger partial charge is 0.453 e. The summed E-state index contributed by atoms with van der Waals surface area (Å²) in [6.07, 6.45) is 10.2. The van der Waals surface area contributed by atoms with Gasteiger partial charge in [-0.2, -0.15) is 0 Å². The van der Waals surface area contributed by atoms with Gasteiger partial charge in [-0.1, -0.05) is 26.7 Å². The number of pyridine rings is 2. The highest BCUT2D eigenvalue weighted by Crippen LogP contribution is 2.39. The first kappa shape index (κ1) is 35.7. The van der Waals surface area contributed by atoms with Gasteiger partial charge in [-0.25, -0.2) is 14.0 Å². The number of hydrogen-bond acceptors (Lipinski definition) is 7. The SMILES string of the molecule is CCCC(CCCC(CC)C(=O)c1ccc(-c2cc3nccc(Oc4ccc(NC(=O)NC5CC5)cc4F)c3s2)nc1)N(C)C(=O)NCC. The number of urea groups is 2. The van der Waals surface area contributed by atoms with Crippen molar-refractivity contribution >= 4 is 45.1 Å². The van der Waals surface area contributed by atoms with Gasteiger partial charge in [0, 0.05) is 67.4 Å². The Labute approximate surface area is 290 Å². The fourth-order valence-corrected chi connectivity index (χ4v) is 6.87. The average Bonchev–Trinajstić information content (AvgIpc) is 3.80. The molecule has 0 saturated heterocycles. The number of halogens is 1. The van der Waals surface area contributed by atoms with E-state index in [1.54, 1.807) is 29.4 Å². The highest BCUT2D eigenvalue weighted by atomic mass is 32.1. The summed E-state index contributed by atoms with van der Waals surface area (Å²) in [6.45, 7) is 6.66. The third-order valence-electron chi connectivity index (χ3n) is 8.77. The number of carbonyl (C=O) groups is 3. The highest BCUT2D eigenvalue weighted by molar-refractivity contribution is 7.22. The minimum Gasteiger partial charge on any atom is -0.453 e. The number of amides is 4. The average molecular weight is 689 g/mol. The first-order valence-electron chi connectivity index (χ1n) is 17.1. The lowest BCUT2D eigenvalue weighted by Crippen LogP contribution is -2.43. The standard InChI is InChI=1S/C37H45FN6O4S/c1-5-9-27(44(4)37(47)39-7-3)11-8-10-23(6-2)34(45)24-12-16-29(41-22-24)33-21-30-35(49-33)32(18-19-40-30)48-31-17-15-26(20-28(31)38)43-36(46)42-25-13-14-25/h12,15-23,25,27H,5-11,13-14H2,1-4H3,(H,39,47)(H2,42,43,46). The van der Waals surface area contributed by atoms with Crippen LogP contribution < -0.4 is 20.7 Å².